The molecule has 0 saturated carbocycles. The normalized spacial score (nSPS) is 12.6. The molecule has 0 unspecified atom stereocenters. The lowest BCUT2D eigenvalue weighted by atomic mass is 10.2. The first kappa shape index (κ1) is 14.5. The molecule has 102 valence electrons. The fourth-order valence-electron chi connectivity index (χ4n) is 0.980. The van der Waals surface area contributed by atoms with Crippen molar-refractivity contribution in [2.75, 3.05) is 6.61 Å². The third-order valence-corrected chi connectivity index (χ3v) is 1.70. The van der Waals surface area contributed by atoms with Crippen LogP contribution in [0.25, 0.3) is 0 Å². The van der Waals surface area contributed by atoms with Gasteiger partial charge in [-0.15, -0.1) is 5.10 Å². The smallest absolute Gasteiger partial charge is 0.422 e. The van der Waals surface area contributed by atoms with E-state index < -0.39 is 30.4 Å². The molecule has 18 heavy (non-hydrogen) atoms. The van der Waals surface area contributed by atoms with Crippen molar-refractivity contribution in [1.82, 2.24) is 10.2 Å². The number of hydrogen-bond acceptors (Lipinski definition) is 4. The summed E-state index contributed by atoms with van der Waals surface area (Å²) >= 11 is 0. The van der Waals surface area contributed by atoms with Crippen LogP contribution in [0.5, 0.6) is 5.88 Å². The van der Waals surface area contributed by atoms with Gasteiger partial charge >= 0.3 is 12.4 Å². The maximum absolute atomic E-state index is 12.5. The molecule has 1 aromatic rings. The largest absolute Gasteiger partial charge is 0.467 e. The third-order valence-electron chi connectivity index (χ3n) is 1.70. The molecule has 0 atom stereocenters. The molecule has 0 bridgehead atoms. The summed E-state index contributed by atoms with van der Waals surface area (Å²) < 4.78 is 77.0. The first-order valence-electron chi connectivity index (χ1n) is 4.47. The molecule has 1 heterocycles. The Balaban J connectivity index is 3.03. The third kappa shape index (κ3) is 4.02. The van der Waals surface area contributed by atoms with Crippen LogP contribution < -0.4 is 10.5 Å². The predicted octanol–water partition coefficient (Wildman–Crippen LogP) is 1.90. The summed E-state index contributed by atoms with van der Waals surface area (Å²) in [5, 5.41) is 6.15. The molecule has 4 nitrogen and oxygen atoms in total. The van der Waals surface area contributed by atoms with E-state index in [0.717, 1.165) is 0 Å². The predicted molar refractivity (Wildman–Crippen MR) is 46.5 cm³/mol. The Morgan fingerprint density at radius 1 is 1.11 bits per heavy atom. The van der Waals surface area contributed by atoms with Crippen molar-refractivity contribution in [2.24, 2.45) is 5.73 Å². The Morgan fingerprint density at radius 3 is 2.17 bits per heavy atom. The van der Waals surface area contributed by atoms with E-state index >= 15 is 0 Å². The Hall–Kier alpha value is -1.58. The van der Waals surface area contributed by atoms with Gasteiger partial charge in [0.15, 0.2) is 6.61 Å². The van der Waals surface area contributed by atoms with Crippen LogP contribution in [0.4, 0.5) is 26.3 Å². The minimum absolute atomic E-state index is 0.207. The van der Waals surface area contributed by atoms with Gasteiger partial charge in [-0.25, -0.2) is 0 Å². The van der Waals surface area contributed by atoms with Crippen molar-refractivity contribution in [2.45, 2.75) is 18.9 Å². The van der Waals surface area contributed by atoms with Crippen LogP contribution in [0.3, 0.4) is 0 Å². The van der Waals surface area contributed by atoms with Gasteiger partial charge in [0.25, 0.3) is 0 Å². The Morgan fingerprint density at radius 2 is 1.72 bits per heavy atom. The Kier molecular flexibility index (Phi) is 3.99. The molecule has 0 aliphatic rings. The monoisotopic (exact) mass is 275 g/mol. The topological polar surface area (TPSA) is 61.0 Å². The summed E-state index contributed by atoms with van der Waals surface area (Å²) in [5.74, 6) is -1.22. The molecule has 0 aromatic carbocycles. The minimum Gasteiger partial charge on any atom is -0.467 e. The van der Waals surface area contributed by atoms with E-state index in [0.29, 0.717) is 6.07 Å². The lowest BCUT2D eigenvalue weighted by Crippen LogP contribution is -2.22. The van der Waals surface area contributed by atoms with Crippen LogP contribution in [0.15, 0.2) is 6.07 Å². The van der Waals surface area contributed by atoms with Crippen LogP contribution in [-0.2, 0) is 12.7 Å². The molecule has 2 N–H and O–H groups in total. The highest BCUT2D eigenvalue weighted by Crippen LogP contribution is 2.35. The van der Waals surface area contributed by atoms with Crippen molar-refractivity contribution in [3.63, 3.8) is 0 Å². The summed E-state index contributed by atoms with van der Waals surface area (Å²) in [4.78, 5) is 0. The maximum Gasteiger partial charge on any atom is 0.422 e. The zero-order valence-electron chi connectivity index (χ0n) is 8.64. The van der Waals surface area contributed by atoms with E-state index in [2.05, 4.69) is 14.9 Å². The summed E-state index contributed by atoms with van der Waals surface area (Å²) in [6.45, 7) is -2.21. The van der Waals surface area contributed by atoms with Gasteiger partial charge in [-0.2, -0.15) is 31.4 Å². The summed E-state index contributed by atoms with van der Waals surface area (Å²) in [5.41, 5.74) is 3.42. The highest BCUT2D eigenvalue weighted by molar-refractivity contribution is 5.29. The molecule has 0 amide bonds. The second-order valence-electron chi connectivity index (χ2n) is 3.16. The second kappa shape index (κ2) is 4.96. The van der Waals surface area contributed by atoms with Gasteiger partial charge in [0.2, 0.25) is 5.88 Å². The lowest BCUT2D eigenvalue weighted by Gasteiger charge is -2.14. The number of ether oxygens (including phenoxy) is 1. The van der Waals surface area contributed by atoms with Gasteiger partial charge < -0.3 is 10.5 Å². The zero-order valence-corrected chi connectivity index (χ0v) is 8.64. The molecule has 1 rings (SSSR count). The van der Waals surface area contributed by atoms with Crippen LogP contribution in [0.2, 0.25) is 0 Å². The van der Waals surface area contributed by atoms with Crippen LogP contribution in [0, 0.1) is 0 Å². The van der Waals surface area contributed by atoms with Gasteiger partial charge in [0, 0.05) is 6.54 Å². The van der Waals surface area contributed by atoms with Crippen molar-refractivity contribution < 1.29 is 31.1 Å². The van der Waals surface area contributed by atoms with Gasteiger partial charge in [0.05, 0.1) is 5.69 Å². The highest BCUT2D eigenvalue weighted by atomic mass is 19.4. The number of nitrogens with two attached hydrogens (primary N) is 1. The number of alkyl halides is 6. The fourth-order valence-corrected chi connectivity index (χ4v) is 0.980. The van der Waals surface area contributed by atoms with Gasteiger partial charge in [-0.05, 0) is 6.07 Å². The average Bonchev–Trinajstić information content (AvgIpc) is 2.24. The van der Waals surface area contributed by atoms with E-state index in [1.54, 1.807) is 0 Å². The van der Waals surface area contributed by atoms with Crippen LogP contribution in [-0.4, -0.2) is 23.0 Å². The van der Waals surface area contributed by atoms with Crippen LogP contribution >= 0.6 is 0 Å². The molecular formula is C8H7F6N3O. The fraction of sp³-hybridized carbons (Fsp3) is 0.500. The number of nitrogens with zero attached hydrogens (tertiary/aromatic N) is 2. The average molecular weight is 275 g/mol. The molecular weight excluding hydrogens is 268 g/mol. The van der Waals surface area contributed by atoms with E-state index in [9.17, 15) is 26.3 Å². The molecule has 0 aliphatic carbocycles. The molecule has 10 heteroatoms. The van der Waals surface area contributed by atoms with E-state index in [1.807, 2.05) is 0 Å². The number of aromatic nitrogens is 2. The number of halogens is 6. The number of hydrogen-bond donors (Lipinski definition) is 1. The molecule has 1 aromatic heterocycles. The lowest BCUT2D eigenvalue weighted by molar-refractivity contribution is -0.159. The SMILES string of the molecule is NCc1cc(C(F)(F)F)c(OCC(F)(F)F)nn1. The number of rotatable bonds is 3. The summed E-state index contributed by atoms with van der Waals surface area (Å²) in [6.07, 6.45) is -9.67. The summed E-state index contributed by atoms with van der Waals surface area (Å²) in [7, 11) is 0. The van der Waals surface area contributed by atoms with E-state index in [-0.39, 0.29) is 12.2 Å². The molecule has 0 saturated heterocycles. The molecule has 0 fully saturated rings. The van der Waals surface area contributed by atoms with Crippen molar-refractivity contribution in [3.8, 4) is 5.88 Å². The van der Waals surface area contributed by atoms with Crippen molar-refractivity contribution >= 4 is 0 Å². The zero-order chi connectivity index (χ0) is 14.0. The Labute approximate surface area is 96.7 Å². The van der Waals surface area contributed by atoms with Crippen molar-refractivity contribution in [1.29, 1.82) is 0 Å². The summed E-state index contributed by atoms with van der Waals surface area (Å²) in [6, 6.07) is 0.499. The van der Waals surface area contributed by atoms with E-state index in [1.165, 1.54) is 0 Å². The quantitative estimate of drug-likeness (QED) is 0.856. The minimum atomic E-state index is -4.90. The maximum atomic E-state index is 12.5. The molecule has 0 aliphatic heterocycles. The standard InChI is InChI=1S/C8H7F6N3O/c9-7(10,11)3-18-6-5(8(12,13)14)1-4(2-15)16-17-6/h1H,2-3,15H2. The van der Waals surface area contributed by atoms with Crippen LogP contribution in [0.1, 0.15) is 11.3 Å². The van der Waals surface area contributed by atoms with Gasteiger partial charge in [0.1, 0.15) is 5.56 Å². The second-order valence-corrected chi connectivity index (χ2v) is 3.16. The van der Waals surface area contributed by atoms with Crippen molar-refractivity contribution in [3.05, 3.63) is 17.3 Å². The Bertz CT molecular complexity index is 416. The first-order valence-corrected chi connectivity index (χ1v) is 4.47. The molecule has 0 radical (unpaired) electrons. The highest BCUT2D eigenvalue weighted by Gasteiger charge is 2.37. The van der Waals surface area contributed by atoms with Gasteiger partial charge in [-0.3, -0.25) is 0 Å². The first-order chi connectivity index (χ1) is 8.13. The van der Waals surface area contributed by atoms with E-state index in [4.69, 9.17) is 5.73 Å². The van der Waals surface area contributed by atoms with Gasteiger partial charge in [-0.1, -0.05) is 0 Å². The molecule has 0 spiro atoms.